The predicted octanol–water partition coefficient (Wildman–Crippen LogP) is 4.93. The van der Waals surface area contributed by atoms with Crippen LogP contribution in [0.2, 0.25) is 0 Å². The van der Waals surface area contributed by atoms with Gasteiger partial charge in [-0.15, -0.1) is 21.5 Å². The quantitative estimate of drug-likeness (QED) is 0.267. The molecule has 2 aromatic carbocycles. The van der Waals surface area contributed by atoms with Crippen LogP contribution in [-0.2, 0) is 26.0 Å². The number of thiophene rings is 1. The van der Waals surface area contributed by atoms with Gasteiger partial charge >= 0.3 is 0 Å². The Morgan fingerprint density at radius 2 is 1.84 bits per heavy atom. The summed E-state index contributed by atoms with van der Waals surface area (Å²) in [5.41, 5.74) is 6.47. The van der Waals surface area contributed by atoms with Gasteiger partial charge in [-0.1, -0.05) is 61.9 Å². The van der Waals surface area contributed by atoms with Crippen LogP contribution in [0.1, 0.15) is 52.9 Å². The average Bonchev–Trinajstić information content (AvgIpc) is 3.64. The molecule has 0 bridgehead atoms. The summed E-state index contributed by atoms with van der Waals surface area (Å²) in [5.74, 6) is 1.25. The van der Waals surface area contributed by atoms with Crippen molar-refractivity contribution in [3.8, 4) is 22.5 Å². The number of benzene rings is 2. The van der Waals surface area contributed by atoms with Crippen molar-refractivity contribution in [1.82, 2.24) is 30.2 Å². The highest BCUT2D eigenvalue weighted by Gasteiger charge is 2.17. The molecule has 2 N–H and O–H groups in total. The van der Waals surface area contributed by atoms with Crippen molar-refractivity contribution in [1.29, 1.82) is 0 Å². The number of tetrazole rings is 1. The fourth-order valence-electron chi connectivity index (χ4n) is 4.67. The van der Waals surface area contributed by atoms with Gasteiger partial charge in [0.15, 0.2) is 0 Å². The van der Waals surface area contributed by atoms with Crippen LogP contribution in [0.3, 0.4) is 0 Å². The molecule has 3 aromatic heterocycles. The minimum absolute atomic E-state index is 0.00702. The Labute approximate surface area is 225 Å². The lowest BCUT2D eigenvalue weighted by molar-refractivity contribution is 0.281. The van der Waals surface area contributed by atoms with Crippen molar-refractivity contribution in [2.75, 3.05) is 0 Å². The van der Waals surface area contributed by atoms with Crippen molar-refractivity contribution in [3.05, 3.63) is 103 Å². The minimum Gasteiger partial charge on any atom is -0.392 e. The Hall–Kier alpha value is -3.95. The fourth-order valence-corrected chi connectivity index (χ4v) is 5.56. The molecule has 0 atom stereocenters. The van der Waals surface area contributed by atoms with E-state index < -0.39 is 0 Å². The second-order valence-corrected chi connectivity index (χ2v) is 10.3. The lowest BCUT2D eigenvalue weighted by atomic mass is 9.96. The second-order valence-electron chi connectivity index (χ2n) is 9.26. The number of aliphatic hydroxyl groups excluding tert-OH is 1. The Morgan fingerprint density at radius 3 is 2.55 bits per heavy atom. The van der Waals surface area contributed by atoms with Crippen molar-refractivity contribution in [2.24, 2.45) is 0 Å². The normalized spacial score (nSPS) is 11.2. The van der Waals surface area contributed by atoms with Crippen molar-refractivity contribution in [2.45, 2.75) is 52.7 Å². The van der Waals surface area contributed by atoms with Crippen LogP contribution >= 0.6 is 11.3 Å². The molecule has 0 unspecified atom stereocenters. The van der Waals surface area contributed by atoms with E-state index in [-0.39, 0.29) is 12.2 Å². The number of aromatic amines is 1. The summed E-state index contributed by atoms with van der Waals surface area (Å²) < 4.78 is 1.74. The van der Waals surface area contributed by atoms with Crippen LogP contribution in [0.15, 0.2) is 64.8 Å². The van der Waals surface area contributed by atoms with Crippen LogP contribution in [0.5, 0.6) is 0 Å². The molecular weight excluding hydrogens is 496 g/mol. The van der Waals surface area contributed by atoms with Gasteiger partial charge in [0, 0.05) is 22.4 Å². The topological polar surface area (TPSA) is 110 Å². The summed E-state index contributed by atoms with van der Waals surface area (Å²) in [4.78, 5) is 19.7. The highest BCUT2D eigenvalue weighted by atomic mass is 32.1. The number of nitrogens with zero attached hydrogens (tertiary/aromatic N) is 5. The molecule has 0 saturated carbocycles. The molecule has 0 aliphatic rings. The molecule has 0 spiro atoms. The van der Waals surface area contributed by atoms with Gasteiger partial charge in [0.05, 0.1) is 18.8 Å². The number of H-pyrrole nitrogens is 1. The number of nitrogens with one attached hydrogen (secondary N) is 1. The average molecular weight is 527 g/mol. The van der Waals surface area contributed by atoms with E-state index in [1.807, 2.05) is 42.6 Å². The molecule has 0 aliphatic carbocycles. The molecule has 8 nitrogen and oxygen atoms in total. The number of rotatable bonds is 10. The first kappa shape index (κ1) is 25.7. The molecule has 0 saturated heterocycles. The number of aromatic nitrogens is 6. The van der Waals surface area contributed by atoms with Crippen LogP contribution in [0, 0.1) is 6.92 Å². The monoisotopic (exact) mass is 526 g/mol. The zero-order chi connectivity index (χ0) is 26.5. The van der Waals surface area contributed by atoms with Gasteiger partial charge in [-0.05, 0) is 58.7 Å². The molecule has 3 heterocycles. The number of hydrogen-bond acceptors (Lipinski definition) is 7. The Kier molecular flexibility index (Phi) is 7.86. The van der Waals surface area contributed by atoms with E-state index >= 15 is 0 Å². The van der Waals surface area contributed by atoms with Crippen molar-refractivity contribution < 1.29 is 5.11 Å². The fraction of sp³-hybridized carbons (Fsp3) is 0.276. The number of aryl methyl sites for hydroxylation is 2. The zero-order valence-electron chi connectivity index (χ0n) is 21.5. The Balaban J connectivity index is 1.48. The highest BCUT2D eigenvalue weighted by Crippen LogP contribution is 2.30. The van der Waals surface area contributed by atoms with E-state index in [0.717, 1.165) is 63.2 Å². The molecule has 38 heavy (non-hydrogen) atoms. The molecule has 5 rings (SSSR count). The molecule has 194 valence electrons. The van der Waals surface area contributed by atoms with Crippen molar-refractivity contribution >= 4 is 11.3 Å². The predicted molar refractivity (Wildman–Crippen MR) is 149 cm³/mol. The molecular formula is C29H30N6O2S. The molecule has 5 aromatic rings. The van der Waals surface area contributed by atoms with Gasteiger partial charge in [0.1, 0.15) is 5.82 Å². The maximum Gasteiger partial charge on any atom is 0.257 e. The Morgan fingerprint density at radius 1 is 1.05 bits per heavy atom. The van der Waals surface area contributed by atoms with E-state index in [1.54, 1.807) is 15.9 Å². The zero-order valence-corrected chi connectivity index (χ0v) is 22.3. The maximum atomic E-state index is 13.8. The summed E-state index contributed by atoms with van der Waals surface area (Å²) >= 11 is 1.55. The summed E-state index contributed by atoms with van der Waals surface area (Å²) in [7, 11) is 0. The third kappa shape index (κ3) is 5.34. The van der Waals surface area contributed by atoms with Gasteiger partial charge in [0.25, 0.3) is 5.56 Å². The third-order valence-electron chi connectivity index (χ3n) is 6.78. The number of hydrogen-bond donors (Lipinski definition) is 2. The van der Waals surface area contributed by atoms with Crippen LogP contribution in [0.4, 0.5) is 0 Å². The number of unbranched alkanes of at least 4 members (excludes halogenated alkanes) is 1. The molecule has 0 amide bonds. The standard InChI is InChI=1S/C29H30N6O2S/c1-3-4-9-26-25(29(37)35(19(2)30-26)17-27-22(18-36)14-15-38-27)16-20-10-12-21(13-11-20)23-7-5-6-8-24(23)28-31-33-34-32-28/h5-8,10-15,36H,3-4,9,16-18H2,1-2H3,(H,31,32,33,34). The van der Waals surface area contributed by atoms with E-state index in [4.69, 9.17) is 4.98 Å². The summed E-state index contributed by atoms with van der Waals surface area (Å²) in [5, 5.41) is 26.1. The van der Waals surface area contributed by atoms with Gasteiger partial charge in [-0.3, -0.25) is 9.36 Å². The largest absolute Gasteiger partial charge is 0.392 e. The molecule has 0 radical (unpaired) electrons. The lowest BCUT2D eigenvalue weighted by Crippen LogP contribution is -2.30. The summed E-state index contributed by atoms with van der Waals surface area (Å²) in [6, 6.07) is 18.1. The van der Waals surface area contributed by atoms with Crippen molar-refractivity contribution in [3.63, 3.8) is 0 Å². The SMILES string of the molecule is CCCCc1nc(C)n(Cc2sccc2CO)c(=O)c1Cc1ccc(-c2ccccc2-c2nn[nH]n2)cc1. The summed E-state index contributed by atoms with van der Waals surface area (Å²) in [6.45, 7) is 4.41. The van der Waals surface area contributed by atoms with Crippen LogP contribution in [-0.4, -0.2) is 35.3 Å². The van der Waals surface area contributed by atoms with E-state index in [1.165, 1.54) is 0 Å². The molecule has 0 aliphatic heterocycles. The van der Waals surface area contributed by atoms with Crippen LogP contribution < -0.4 is 5.56 Å². The minimum atomic E-state index is -0.0380. The maximum absolute atomic E-state index is 13.8. The highest BCUT2D eigenvalue weighted by molar-refractivity contribution is 7.10. The lowest BCUT2D eigenvalue weighted by Gasteiger charge is -2.16. The number of aliphatic hydroxyl groups is 1. The van der Waals surface area contributed by atoms with E-state index in [9.17, 15) is 9.90 Å². The second kappa shape index (κ2) is 11.6. The van der Waals surface area contributed by atoms with Gasteiger partial charge in [-0.25, -0.2) is 4.98 Å². The van der Waals surface area contributed by atoms with Gasteiger partial charge in [-0.2, -0.15) is 5.21 Å². The summed E-state index contributed by atoms with van der Waals surface area (Å²) in [6.07, 6.45) is 3.30. The molecule has 0 fully saturated rings. The molecule has 9 heteroatoms. The third-order valence-corrected chi connectivity index (χ3v) is 7.72. The van der Waals surface area contributed by atoms with Crippen LogP contribution in [0.25, 0.3) is 22.5 Å². The van der Waals surface area contributed by atoms with E-state index in [0.29, 0.717) is 24.6 Å². The first-order valence-corrected chi connectivity index (χ1v) is 13.6. The Bertz CT molecular complexity index is 1570. The van der Waals surface area contributed by atoms with Gasteiger partial charge < -0.3 is 5.11 Å². The first-order valence-electron chi connectivity index (χ1n) is 12.8. The smallest absolute Gasteiger partial charge is 0.257 e. The first-order chi connectivity index (χ1) is 18.6. The van der Waals surface area contributed by atoms with E-state index in [2.05, 4.69) is 51.8 Å². The van der Waals surface area contributed by atoms with Gasteiger partial charge in [0.2, 0.25) is 5.82 Å².